The van der Waals surface area contributed by atoms with Crippen LogP contribution in [0.1, 0.15) is 19.3 Å². The van der Waals surface area contributed by atoms with Crippen molar-refractivity contribution in [2.45, 2.75) is 25.4 Å². The van der Waals surface area contributed by atoms with Gasteiger partial charge in [-0.15, -0.1) is 0 Å². The van der Waals surface area contributed by atoms with Crippen LogP contribution in [0.4, 0.5) is 5.82 Å². The van der Waals surface area contributed by atoms with Crippen LogP contribution < -0.4 is 5.32 Å². The van der Waals surface area contributed by atoms with Gasteiger partial charge in [-0.1, -0.05) is 11.6 Å². The zero-order valence-electron chi connectivity index (χ0n) is 8.79. The van der Waals surface area contributed by atoms with Gasteiger partial charge in [-0.05, 0) is 47.2 Å². The summed E-state index contributed by atoms with van der Waals surface area (Å²) < 4.78 is 0.874. The van der Waals surface area contributed by atoms with Crippen molar-refractivity contribution in [3.63, 3.8) is 0 Å². The molecule has 16 heavy (non-hydrogen) atoms. The van der Waals surface area contributed by atoms with E-state index in [-0.39, 0.29) is 6.10 Å². The van der Waals surface area contributed by atoms with Gasteiger partial charge in [-0.25, -0.2) is 4.98 Å². The zero-order valence-corrected chi connectivity index (χ0v) is 11.1. The van der Waals surface area contributed by atoms with E-state index < -0.39 is 0 Å². The van der Waals surface area contributed by atoms with Gasteiger partial charge in [0, 0.05) is 12.7 Å². The third-order valence-electron chi connectivity index (χ3n) is 2.88. The van der Waals surface area contributed by atoms with Crippen molar-refractivity contribution in [3.05, 3.63) is 21.8 Å². The molecule has 1 aromatic rings. The summed E-state index contributed by atoms with van der Waals surface area (Å²) in [6.07, 6.45) is 4.39. The summed E-state index contributed by atoms with van der Waals surface area (Å²) in [6.45, 7) is 0.851. The van der Waals surface area contributed by atoms with Crippen molar-refractivity contribution >= 4 is 33.3 Å². The number of halogens is 2. The summed E-state index contributed by atoms with van der Waals surface area (Å²) in [4.78, 5) is 4.21. The fourth-order valence-electron chi connectivity index (χ4n) is 2.02. The Balaban J connectivity index is 1.89. The first kappa shape index (κ1) is 12.1. The van der Waals surface area contributed by atoms with Crippen LogP contribution in [0.2, 0.25) is 5.02 Å². The van der Waals surface area contributed by atoms with Gasteiger partial charge in [0.05, 0.1) is 15.6 Å². The topological polar surface area (TPSA) is 45.1 Å². The Bertz CT molecular complexity index is 375. The SMILES string of the molecule is O[C@@H]1CC[C@H](CNc2ncc(Cl)cc2Br)C1. The number of aromatic nitrogens is 1. The Hall–Kier alpha value is -0.320. The molecule has 0 saturated heterocycles. The minimum Gasteiger partial charge on any atom is -0.393 e. The van der Waals surface area contributed by atoms with Gasteiger partial charge in [0.25, 0.3) is 0 Å². The summed E-state index contributed by atoms with van der Waals surface area (Å²) in [7, 11) is 0. The predicted octanol–water partition coefficient (Wildman–Crippen LogP) is 3.07. The van der Waals surface area contributed by atoms with Crippen LogP contribution in [-0.2, 0) is 0 Å². The molecule has 0 spiro atoms. The Morgan fingerprint density at radius 3 is 3.00 bits per heavy atom. The first-order valence-electron chi connectivity index (χ1n) is 5.38. The van der Waals surface area contributed by atoms with Crippen molar-refractivity contribution in [2.24, 2.45) is 5.92 Å². The average Bonchev–Trinajstić information content (AvgIpc) is 2.63. The maximum atomic E-state index is 9.42. The van der Waals surface area contributed by atoms with E-state index in [4.69, 9.17) is 11.6 Å². The van der Waals surface area contributed by atoms with E-state index in [0.717, 1.165) is 36.1 Å². The normalized spacial score (nSPS) is 24.7. The number of hydrogen-bond acceptors (Lipinski definition) is 3. The molecule has 1 aliphatic carbocycles. The minimum atomic E-state index is -0.117. The fraction of sp³-hybridized carbons (Fsp3) is 0.545. The first-order valence-corrected chi connectivity index (χ1v) is 6.55. The summed E-state index contributed by atoms with van der Waals surface area (Å²) in [6, 6.07) is 1.82. The molecule has 1 aromatic heterocycles. The molecule has 0 radical (unpaired) electrons. The molecule has 5 heteroatoms. The first-order chi connectivity index (χ1) is 7.65. The number of pyridine rings is 1. The number of aliphatic hydroxyl groups is 1. The Kier molecular flexibility index (Phi) is 4.05. The largest absolute Gasteiger partial charge is 0.393 e. The number of nitrogens with one attached hydrogen (secondary N) is 1. The van der Waals surface area contributed by atoms with Crippen LogP contribution in [0.15, 0.2) is 16.7 Å². The molecule has 0 unspecified atom stereocenters. The lowest BCUT2D eigenvalue weighted by molar-refractivity contribution is 0.178. The maximum Gasteiger partial charge on any atom is 0.140 e. The molecular weight excluding hydrogens is 291 g/mol. The van der Waals surface area contributed by atoms with Crippen molar-refractivity contribution in [1.29, 1.82) is 0 Å². The number of aliphatic hydroxyl groups excluding tert-OH is 1. The minimum absolute atomic E-state index is 0.117. The van der Waals surface area contributed by atoms with E-state index in [0.29, 0.717) is 10.9 Å². The van der Waals surface area contributed by atoms with Gasteiger partial charge in [0.15, 0.2) is 0 Å². The Labute approximate surface area is 108 Å². The van der Waals surface area contributed by atoms with E-state index in [1.807, 2.05) is 6.07 Å². The van der Waals surface area contributed by atoms with Gasteiger partial charge < -0.3 is 10.4 Å². The molecule has 2 rings (SSSR count). The molecule has 0 aromatic carbocycles. The summed E-state index contributed by atoms with van der Waals surface area (Å²) in [5.41, 5.74) is 0. The highest BCUT2D eigenvalue weighted by atomic mass is 79.9. The Morgan fingerprint density at radius 2 is 2.38 bits per heavy atom. The summed E-state index contributed by atoms with van der Waals surface area (Å²) in [5.74, 6) is 1.35. The lowest BCUT2D eigenvalue weighted by atomic mass is 10.1. The van der Waals surface area contributed by atoms with Crippen molar-refractivity contribution < 1.29 is 5.11 Å². The smallest absolute Gasteiger partial charge is 0.140 e. The van der Waals surface area contributed by atoms with Gasteiger partial charge in [0.2, 0.25) is 0 Å². The molecule has 2 N–H and O–H groups in total. The monoisotopic (exact) mass is 304 g/mol. The van der Waals surface area contributed by atoms with Gasteiger partial charge >= 0.3 is 0 Å². The number of rotatable bonds is 3. The molecule has 0 aliphatic heterocycles. The van der Waals surface area contributed by atoms with E-state index in [1.165, 1.54) is 0 Å². The summed E-state index contributed by atoms with van der Waals surface area (Å²) >= 11 is 9.22. The predicted molar refractivity (Wildman–Crippen MR) is 68.8 cm³/mol. The van der Waals surface area contributed by atoms with Crippen molar-refractivity contribution in [3.8, 4) is 0 Å². The molecule has 1 fully saturated rings. The van der Waals surface area contributed by atoms with Gasteiger partial charge in [-0.3, -0.25) is 0 Å². The van der Waals surface area contributed by atoms with E-state index >= 15 is 0 Å². The highest BCUT2D eigenvalue weighted by Gasteiger charge is 2.22. The van der Waals surface area contributed by atoms with Gasteiger partial charge in [0.1, 0.15) is 5.82 Å². The zero-order chi connectivity index (χ0) is 11.5. The molecule has 0 bridgehead atoms. The molecule has 2 atom stereocenters. The highest BCUT2D eigenvalue weighted by Crippen LogP contribution is 2.27. The third kappa shape index (κ3) is 3.09. The van der Waals surface area contributed by atoms with Crippen LogP contribution in [0.5, 0.6) is 0 Å². The second-order valence-corrected chi connectivity index (χ2v) is 5.49. The van der Waals surface area contributed by atoms with Gasteiger partial charge in [-0.2, -0.15) is 0 Å². The molecular formula is C11H14BrClN2O. The van der Waals surface area contributed by atoms with E-state index in [2.05, 4.69) is 26.2 Å². The average molecular weight is 306 g/mol. The van der Waals surface area contributed by atoms with Crippen LogP contribution in [0.3, 0.4) is 0 Å². The van der Waals surface area contributed by atoms with Crippen molar-refractivity contribution in [2.75, 3.05) is 11.9 Å². The van der Waals surface area contributed by atoms with E-state index in [9.17, 15) is 5.11 Å². The number of hydrogen-bond donors (Lipinski definition) is 2. The second-order valence-electron chi connectivity index (χ2n) is 4.20. The lowest BCUT2D eigenvalue weighted by Crippen LogP contribution is -2.13. The van der Waals surface area contributed by atoms with Crippen molar-refractivity contribution in [1.82, 2.24) is 4.98 Å². The molecule has 3 nitrogen and oxygen atoms in total. The maximum absolute atomic E-state index is 9.42. The quantitative estimate of drug-likeness (QED) is 0.902. The van der Waals surface area contributed by atoms with Crippen LogP contribution >= 0.6 is 27.5 Å². The highest BCUT2D eigenvalue weighted by molar-refractivity contribution is 9.10. The number of nitrogens with zero attached hydrogens (tertiary/aromatic N) is 1. The molecule has 1 aliphatic rings. The summed E-state index contributed by atoms with van der Waals surface area (Å²) in [5, 5.41) is 13.3. The van der Waals surface area contributed by atoms with E-state index in [1.54, 1.807) is 6.20 Å². The third-order valence-corrected chi connectivity index (χ3v) is 3.69. The molecule has 1 heterocycles. The lowest BCUT2D eigenvalue weighted by Gasteiger charge is -2.12. The molecule has 0 amide bonds. The molecule has 1 saturated carbocycles. The Morgan fingerprint density at radius 1 is 1.56 bits per heavy atom. The van der Waals surface area contributed by atoms with Crippen LogP contribution in [0, 0.1) is 5.92 Å². The molecule has 88 valence electrons. The standard InChI is InChI=1S/C11H14BrClN2O/c12-10-4-8(13)6-15-11(10)14-5-7-1-2-9(16)3-7/h4,6-7,9,16H,1-3,5H2,(H,14,15)/t7-,9+/m0/s1. The fourth-order valence-corrected chi connectivity index (χ4v) is 2.80. The van der Waals surface area contributed by atoms with Crippen LogP contribution in [-0.4, -0.2) is 22.7 Å². The second kappa shape index (κ2) is 5.34. The number of anilines is 1. The van der Waals surface area contributed by atoms with Crippen LogP contribution in [0.25, 0.3) is 0 Å².